The van der Waals surface area contributed by atoms with E-state index in [-0.39, 0.29) is 22.5 Å². The van der Waals surface area contributed by atoms with Crippen LogP contribution in [-0.2, 0) is 4.79 Å². The Hall–Kier alpha value is -3.73. The van der Waals surface area contributed by atoms with Crippen LogP contribution in [0.1, 0.15) is 11.1 Å². The van der Waals surface area contributed by atoms with Crippen molar-refractivity contribution in [3.8, 4) is 0 Å². The van der Waals surface area contributed by atoms with Gasteiger partial charge in [-0.1, -0.05) is 58.8 Å². The van der Waals surface area contributed by atoms with Crippen LogP contribution in [0.3, 0.4) is 0 Å². The molecule has 2 aromatic carbocycles. The Kier molecular flexibility index (Phi) is 4.99. The van der Waals surface area contributed by atoms with Crippen molar-refractivity contribution in [3.63, 3.8) is 0 Å². The summed E-state index contributed by atoms with van der Waals surface area (Å²) in [6, 6.07) is 13.3. The maximum absolute atomic E-state index is 11.6. The van der Waals surface area contributed by atoms with Crippen LogP contribution >= 0.6 is 0 Å². The summed E-state index contributed by atoms with van der Waals surface area (Å²) in [6.45, 7) is 0. The number of nitrogens with zero attached hydrogens (tertiary/aromatic N) is 6. The SMILES string of the molecule is [N-]=[N+]=Nc1cccc(C(=Cc2ccccc2)C(=O)O)c1N=[N+]=[N-]. The fourth-order valence-electron chi connectivity index (χ4n) is 2.00. The molecule has 0 atom stereocenters. The van der Waals surface area contributed by atoms with Gasteiger partial charge in [0.05, 0.1) is 11.3 Å². The van der Waals surface area contributed by atoms with Gasteiger partial charge in [0, 0.05) is 15.5 Å². The van der Waals surface area contributed by atoms with Crippen LogP contribution in [0.15, 0.2) is 58.8 Å². The number of carbonyl (C=O) groups is 1. The van der Waals surface area contributed by atoms with Crippen LogP contribution in [0.5, 0.6) is 0 Å². The molecule has 0 heterocycles. The van der Waals surface area contributed by atoms with Gasteiger partial charge in [-0.15, -0.1) is 0 Å². The Labute approximate surface area is 130 Å². The number of benzene rings is 2. The molecular weight excluding hydrogens is 296 g/mol. The Morgan fingerprint density at radius 1 is 1.00 bits per heavy atom. The topological polar surface area (TPSA) is 135 Å². The summed E-state index contributed by atoms with van der Waals surface area (Å²) in [5.74, 6) is -1.19. The van der Waals surface area contributed by atoms with E-state index >= 15 is 0 Å². The first kappa shape index (κ1) is 15.7. The van der Waals surface area contributed by atoms with Gasteiger partial charge in [-0.2, -0.15) is 0 Å². The van der Waals surface area contributed by atoms with Crippen LogP contribution in [-0.4, -0.2) is 11.1 Å². The first-order valence-corrected chi connectivity index (χ1v) is 6.41. The van der Waals surface area contributed by atoms with Crippen LogP contribution in [0, 0.1) is 0 Å². The summed E-state index contributed by atoms with van der Waals surface area (Å²) in [5.41, 5.74) is 18.1. The number of carboxylic acid groups (broad SMARTS) is 1. The zero-order valence-electron chi connectivity index (χ0n) is 11.7. The average Bonchev–Trinajstić information content (AvgIpc) is 2.55. The van der Waals surface area contributed by atoms with E-state index < -0.39 is 5.97 Å². The van der Waals surface area contributed by atoms with Crippen molar-refractivity contribution < 1.29 is 9.90 Å². The fraction of sp³-hybridized carbons (Fsp3) is 0. The van der Waals surface area contributed by atoms with Crippen molar-refractivity contribution in [3.05, 3.63) is 80.5 Å². The molecule has 0 aromatic heterocycles. The van der Waals surface area contributed by atoms with Gasteiger partial charge < -0.3 is 5.11 Å². The number of carboxylic acids is 1. The zero-order valence-corrected chi connectivity index (χ0v) is 11.7. The molecule has 8 nitrogen and oxygen atoms in total. The van der Waals surface area contributed by atoms with Gasteiger partial charge in [0.15, 0.2) is 0 Å². The molecule has 23 heavy (non-hydrogen) atoms. The third-order valence-electron chi connectivity index (χ3n) is 2.94. The van der Waals surface area contributed by atoms with E-state index in [0.717, 1.165) is 0 Å². The van der Waals surface area contributed by atoms with E-state index in [1.165, 1.54) is 24.3 Å². The Morgan fingerprint density at radius 2 is 1.70 bits per heavy atom. The lowest BCUT2D eigenvalue weighted by atomic mass is 10.0. The minimum Gasteiger partial charge on any atom is -0.478 e. The molecule has 0 spiro atoms. The first-order chi connectivity index (χ1) is 11.2. The van der Waals surface area contributed by atoms with E-state index in [0.29, 0.717) is 5.56 Å². The van der Waals surface area contributed by atoms with Crippen LogP contribution in [0.25, 0.3) is 32.5 Å². The van der Waals surface area contributed by atoms with Crippen LogP contribution < -0.4 is 0 Å². The van der Waals surface area contributed by atoms with Crippen LogP contribution in [0.2, 0.25) is 0 Å². The molecule has 0 radical (unpaired) electrons. The predicted molar refractivity (Wildman–Crippen MR) is 86.0 cm³/mol. The second-order valence-corrected chi connectivity index (χ2v) is 4.33. The quantitative estimate of drug-likeness (QED) is 0.267. The standard InChI is InChI=1S/C15H10N6O2/c16-20-18-13-8-4-7-11(14(13)19-21-17)12(15(22)23)9-10-5-2-1-3-6-10/h1-9H,(H,22,23). The summed E-state index contributed by atoms with van der Waals surface area (Å²) >= 11 is 0. The lowest BCUT2D eigenvalue weighted by Crippen LogP contribution is -2.00. The molecule has 0 saturated carbocycles. The number of aliphatic carboxylic acids is 1. The van der Waals surface area contributed by atoms with E-state index in [2.05, 4.69) is 20.1 Å². The predicted octanol–water partition coefficient (Wildman–Crippen LogP) is 5.20. The van der Waals surface area contributed by atoms with Crippen molar-refractivity contribution in [1.82, 2.24) is 0 Å². The highest BCUT2D eigenvalue weighted by molar-refractivity contribution is 6.22. The molecule has 0 saturated heterocycles. The third kappa shape index (κ3) is 3.68. The van der Waals surface area contributed by atoms with Gasteiger partial charge in [-0.3, -0.25) is 0 Å². The molecule has 8 heteroatoms. The van der Waals surface area contributed by atoms with E-state index in [1.807, 2.05) is 6.07 Å². The molecule has 0 aliphatic carbocycles. The van der Waals surface area contributed by atoms with Crippen molar-refractivity contribution in [2.24, 2.45) is 10.2 Å². The maximum Gasteiger partial charge on any atom is 0.336 e. The highest BCUT2D eigenvalue weighted by Gasteiger charge is 2.16. The Bertz CT molecular complexity index is 863. The molecule has 0 bridgehead atoms. The van der Waals surface area contributed by atoms with Crippen molar-refractivity contribution in [2.45, 2.75) is 0 Å². The minimum absolute atomic E-state index is 0.0302. The number of hydrogen-bond acceptors (Lipinski definition) is 3. The number of rotatable bonds is 5. The minimum atomic E-state index is -1.19. The van der Waals surface area contributed by atoms with Gasteiger partial charge in [-0.25, -0.2) is 4.79 Å². The highest BCUT2D eigenvalue weighted by atomic mass is 16.4. The maximum atomic E-state index is 11.6. The molecule has 112 valence electrons. The summed E-state index contributed by atoms with van der Waals surface area (Å²) in [6.07, 6.45) is 1.45. The van der Waals surface area contributed by atoms with Crippen LogP contribution in [0.4, 0.5) is 11.4 Å². The lowest BCUT2D eigenvalue weighted by Gasteiger charge is -2.09. The number of hydrogen-bond donors (Lipinski definition) is 1. The molecular formula is C15H10N6O2. The molecule has 0 fully saturated rings. The largest absolute Gasteiger partial charge is 0.478 e. The molecule has 2 rings (SSSR count). The van der Waals surface area contributed by atoms with Gasteiger partial charge >= 0.3 is 5.97 Å². The van der Waals surface area contributed by atoms with Gasteiger partial charge in [0.1, 0.15) is 0 Å². The average molecular weight is 306 g/mol. The van der Waals surface area contributed by atoms with Gasteiger partial charge in [0.25, 0.3) is 0 Å². The van der Waals surface area contributed by atoms with E-state index in [4.69, 9.17) is 11.1 Å². The first-order valence-electron chi connectivity index (χ1n) is 6.41. The Balaban J connectivity index is 2.72. The Morgan fingerprint density at radius 3 is 2.30 bits per heavy atom. The monoisotopic (exact) mass is 306 g/mol. The van der Waals surface area contributed by atoms with Crippen molar-refractivity contribution >= 4 is 29.0 Å². The van der Waals surface area contributed by atoms with Gasteiger partial charge in [-0.05, 0) is 28.3 Å². The smallest absolute Gasteiger partial charge is 0.336 e. The number of azide groups is 2. The van der Waals surface area contributed by atoms with E-state index in [9.17, 15) is 9.90 Å². The van der Waals surface area contributed by atoms with Gasteiger partial charge in [0.2, 0.25) is 0 Å². The summed E-state index contributed by atoms with van der Waals surface area (Å²) in [5, 5.41) is 16.4. The van der Waals surface area contributed by atoms with E-state index in [1.54, 1.807) is 24.3 Å². The fourth-order valence-corrected chi connectivity index (χ4v) is 2.00. The lowest BCUT2D eigenvalue weighted by molar-refractivity contribution is -0.130. The van der Waals surface area contributed by atoms with Crippen molar-refractivity contribution in [1.29, 1.82) is 0 Å². The summed E-state index contributed by atoms with van der Waals surface area (Å²) in [4.78, 5) is 17.0. The normalized spacial score (nSPS) is 10.3. The highest BCUT2D eigenvalue weighted by Crippen LogP contribution is 2.37. The molecule has 0 aliphatic heterocycles. The second kappa shape index (κ2) is 7.33. The molecule has 0 unspecified atom stereocenters. The third-order valence-corrected chi connectivity index (χ3v) is 2.94. The zero-order chi connectivity index (χ0) is 16.7. The molecule has 2 aromatic rings. The summed E-state index contributed by atoms with van der Waals surface area (Å²) in [7, 11) is 0. The molecule has 1 N–H and O–H groups in total. The van der Waals surface area contributed by atoms with Crippen molar-refractivity contribution in [2.75, 3.05) is 0 Å². The molecule has 0 aliphatic rings. The molecule has 0 amide bonds. The summed E-state index contributed by atoms with van der Waals surface area (Å²) < 4.78 is 0. The second-order valence-electron chi connectivity index (χ2n) is 4.33.